The topological polar surface area (TPSA) is 45.5 Å². The normalized spacial score (nSPS) is 13.9. The molecule has 4 nitrogen and oxygen atoms in total. The molecule has 0 radical (unpaired) electrons. The summed E-state index contributed by atoms with van der Waals surface area (Å²) in [6.45, 7) is 2.05. The second kappa shape index (κ2) is 8.76. The highest BCUT2D eigenvalue weighted by molar-refractivity contribution is 6.33. The van der Waals surface area contributed by atoms with Gasteiger partial charge in [0.2, 0.25) is 5.91 Å². The molecule has 0 saturated carbocycles. The molecule has 1 N–H and O–H groups in total. The first-order chi connectivity index (χ1) is 14.1. The van der Waals surface area contributed by atoms with Gasteiger partial charge in [-0.25, -0.2) is 0 Å². The van der Waals surface area contributed by atoms with Crippen LogP contribution in [0.4, 0.5) is 11.4 Å². The molecule has 0 atom stereocenters. The Hall–Kier alpha value is -2.69. The van der Waals surface area contributed by atoms with E-state index in [0.717, 1.165) is 24.3 Å². The minimum Gasteiger partial charge on any atom is -0.457 e. The summed E-state index contributed by atoms with van der Waals surface area (Å²) in [6.07, 6.45) is 5.44. The predicted molar refractivity (Wildman–Crippen MR) is 120 cm³/mol. The molecule has 148 valence electrons. The van der Waals surface area contributed by atoms with Crippen molar-refractivity contribution in [2.75, 3.05) is 23.3 Å². The summed E-state index contributed by atoms with van der Waals surface area (Å²) in [7, 11) is 0. The van der Waals surface area contributed by atoms with Crippen LogP contribution in [0.3, 0.4) is 0 Å². The molecule has 0 unspecified atom stereocenters. The second-order valence-corrected chi connectivity index (χ2v) is 7.74. The Balaban J connectivity index is 1.39. The van der Waals surface area contributed by atoms with E-state index in [1.54, 1.807) is 12.1 Å². The number of rotatable bonds is 5. The molecule has 1 fully saturated rings. The van der Waals surface area contributed by atoms with Crippen LogP contribution in [0.25, 0.3) is 17.4 Å². The Morgan fingerprint density at radius 2 is 1.76 bits per heavy atom. The van der Waals surface area contributed by atoms with E-state index < -0.39 is 0 Å². The molecule has 3 aromatic rings. The summed E-state index contributed by atoms with van der Waals surface area (Å²) in [6, 6.07) is 16.7. The number of hydrogen-bond donors (Lipinski definition) is 1. The average Bonchev–Trinajstić information content (AvgIpc) is 3.39. The lowest BCUT2D eigenvalue weighted by Crippen LogP contribution is -2.18. The minimum atomic E-state index is -0.251. The Bertz CT molecular complexity index is 1040. The fraction of sp³-hybridized carbons (Fsp3) is 0.174. The number of benzene rings is 2. The molecule has 1 amide bonds. The SMILES string of the molecule is O=C(/C=C/c1ccc(-c2ccc(Cl)cc2)o1)Nc1ccc(N2CCCC2)c(Cl)c1. The van der Waals surface area contributed by atoms with Crippen LogP contribution in [0.2, 0.25) is 10.0 Å². The van der Waals surface area contributed by atoms with Crippen LogP contribution < -0.4 is 10.2 Å². The molecule has 6 heteroatoms. The molecule has 4 rings (SSSR count). The van der Waals surface area contributed by atoms with Gasteiger partial charge in [-0.1, -0.05) is 23.2 Å². The van der Waals surface area contributed by atoms with Gasteiger partial charge in [-0.05, 0) is 73.5 Å². The molecule has 0 aliphatic carbocycles. The summed E-state index contributed by atoms with van der Waals surface area (Å²) >= 11 is 12.3. The van der Waals surface area contributed by atoms with Gasteiger partial charge in [0.05, 0.1) is 10.7 Å². The van der Waals surface area contributed by atoms with E-state index in [4.69, 9.17) is 27.6 Å². The van der Waals surface area contributed by atoms with Gasteiger partial charge in [-0.2, -0.15) is 0 Å². The molecule has 0 bridgehead atoms. The van der Waals surface area contributed by atoms with Crippen LogP contribution in [0.15, 0.2) is 65.1 Å². The smallest absolute Gasteiger partial charge is 0.248 e. The number of halogens is 2. The zero-order valence-electron chi connectivity index (χ0n) is 15.7. The van der Waals surface area contributed by atoms with Gasteiger partial charge in [0.15, 0.2) is 0 Å². The zero-order valence-corrected chi connectivity index (χ0v) is 17.2. The molecule has 1 aromatic heterocycles. The van der Waals surface area contributed by atoms with Crippen molar-refractivity contribution in [3.63, 3.8) is 0 Å². The third-order valence-electron chi connectivity index (χ3n) is 4.82. The number of amides is 1. The Morgan fingerprint density at radius 1 is 1.00 bits per heavy atom. The van der Waals surface area contributed by atoms with Gasteiger partial charge in [0.25, 0.3) is 0 Å². The van der Waals surface area contributed by atoms with Gasteiger partial charge in [-0.3, -0.25) is 4.79 Å². The quantitative estimate of drug-likeness (QED) is 0.473. The van der Waals surface area contributed by atoms with Crippen LogP contribution in [0.1, 0.15) is 18.6 Å². The third kappa shape index (κ3) is 4.84. The number of hydrogen-bond acceptors (Lipinski definition) is 3. The van der Waals surface area contributed by atoms with Crippen molar-refractivity contribution in [1.82, 2.24) is 0 Å². The van der Waals surface area contributed by atoms with Gasteiger partial charge in [-0.15, -0.1) is 0 Å². The zero-order chi connectivity index (χ0) is 20.2. The van der Waals surface area contributed by atoms with Gasteiger partial charge in [0, 0.05) is 35.4 Å². The van der Waals surface area contributed by atoms with Crippen molar-refractivity contribution in [1.29, 1.82) is 0 Å². The predicted octanol–water partition coefficient (Wildman–Crippen LogP) is 6.51. The third-order valence-corrected chi connectivity index (χ3v) is 5.37. The Morgan fingerprint density at radius 3 is 2.48 bits per heavy atom. The lowest BCUT2D eigenvalue weighted by Gasteiger charge is -2.19. The van der Waals surface area contributed by atoms with Crippen molar-refractivity contribution < 1.29 is 9.21 Å². The molecule has 2 heterocycles. The molecule has 29 heavy (non-hydrogen) atoms. The highest BCUT2D eigenvalue weighted by atomic mass is 35.5. The van der Waals surface area contributed by atoms with Crippen LogP contribution in [-0.4, -0.2) is 19.0 Å². The van der Waals surface area contributed by atoms with Gasteiger partial charge in [0.1, 0.15) is 11.5 Å². The maximum absolute atomic E-state index is 12.2. The maximum atomic E-state index is 12.2. The van der Waals surface area contributed by atoms with E-state index >= 15 is 0 Å². The van der Waals surface area contributed by atoms with Crippen LogP contribution in [0, 0.1) is 0 Å². The van der Waals surface area contributed by atoms with Crippen LogP contribution >= 0.6 is 23.2 Å². The van der Waals surface area contributed by atoms with E-state index in [-0.39, 0.29) is 5.91 Å². The van der Waals surface area contributed by atoms with E-state index in [2.05, 4.69) is 10.2 Å². The summed E-state index contributed by atoms with van der Waals surface area (Å²) in [5.41, 5.74) is 2.60. The average molecular weight is 427 g/mol. The number of carbonyl (C=O) groups excluding carboxylic acids is 1. The highest BCUT2D eigenvalue weighted by Crippen LogP contribution is 2.31. The molecular formula is C23H20Cl2N2O2. The Labute approximate surface area is 179 Å². The maximum Gasteiger partial charge on any atom is 0.248 e. The molecule has 1 aliphatic rings. The molecule has 0 spiro atoms. The molecule has 1 saturated heterocycles. The number of furan rings is 1. The molecular weight excluding hydrogens is 407 g/mol. The van der Waals surface area contributed by atoms with Crippen molar-refractivity contribution >= 4 is 46.6 Å². The monoisotopic (exact) mass is 426 g/mol. The lowest BCUT2D eigenvalue weighted by molar-refractivity contribution is -0.111. The van der Waals surface area contributed by atoms with Crippen LogP contribution in [-0.2, 0) is 4.79 Å². The van der Waals surface area contributed by atoms with Crippen molar-refractivity contribution in [3.05, 3.63) is 76.5 Å². The minimum absolute atomic E-state index is 0.251. The second-order valence-electron chi connectivity index (χ2n) is 6.89. The fourth-order valence-electron chi connectivity index (χ4n) is 3.35. The standard InChI is InChI=1S/C23H20Cl2N2O2/c24-17-5-3-16(4-6-17)22-11-8-19(29-22)9-12-23(28)26-18-7-10-21(20(25)15-18)27-13-1-2-14-27/h3-12,15H,1-2,13-14H2,(H,26,28)/b12-9+. The van der Waals surface area contributed by atoms with Gasteiger partial charge >= 0.3 is 0 Å². The number of nitrogens with zero attached hydrogens (tertiary/aromatic N) is 1. The van der Waals surface area contributed by atoms with Crippen molar-refractivity contribution in [2.24, 2.45) is 0 Å². The Kier molecular flexibility index (Phi) is 5.93. The number of anilines is 2. The first-order valence-electron chi connectivity index (χ1n) is 9.48. The van der Waals surface area contributed by atoms with E-state index in [1.165, 1.54) is 18.9 Å². The molecule has 1 aliphatic heterocycles. The molecule has 2 aromatic carbocycles. The number of nitrogens with one attached hydrogen (secondary N) is 1. The summed E-state index contributed by atoms with van der Waals surface area (Å²) < 4.78 is 5.77. The fourth-order valence-corrected chi connectivity index (χ4v) is 3.78. The summed E-state index contributed by atoms with van der Waals surface area (Å²) in [5.74, 6) is 1.05. The first kappa shape index (κ1) is 19.6. The van der Waals surface area contributed by atoms with Crippen molar-refractivity contribution in [3.8, 4) is 11.3 Å². The first-order valence-corrected chi connectivity index (χ1v) is 10.2. The summed E-state index contributed by atoms with van der Waals surface area (Å²) in [4.78, 5) is 14.5. The highest BCUT2D eigenvalue weighted by Gasteiger charge is 2.15. The summed E-state index contributed by atoms with van der Waals surface area (Å²) in [5, 5.41) is 4.15. The van der Waals surface area contributed by atoms with E-state index in [1.807, 2.05) is 48.5 Å². The van der Waals surface area contributed by atoms with E-state index in [9.17, 15) is 4.79 Å². The number of carbonyl (C=O) groups is 1. The largest absolute Gasteiger partial charge is 0.457 e. The van der Waals surface area contributed by atoms with Crippen LogP contribution in [0.5, 0.6) is 0 Å². The lowest BCUT2D eigenvalue weighted by atomic mass is 10.2. The van der Waals surface area contributed by atoms with Gasteiger partial charge < -0.3 is 14.6 Å². The van der Waals surface area contributed by atoms with Crippen molar-refractivity contribution in [2.45, 2.75) is 12.8 Å². The van der Waals surface area contributed by atoms with E-state index in [0.29, 0.717) is 27.3 Å².